The lowest BCUT2D eigenvalue weighted by molar-refractivity contribution is 0.193. The third kappa shape index (κ3) is 1.81. The minimum absolute atomic E-state index is 0.718. The highest BCUT2D eigenvalue weighted by atomic mass is 14.9. The largest absolute Gasteiger partial charge is 0.317 e. The summed E-state index contributed by atoms with van der Waals surface area (Å²) in [6.07, 6.45) is 1.29. The van der Waals surface area contributed by atoms with Crippen LogP contribution in [-0.2, 0) is 0 Å². The van der Waals surface area contributed by atoms with Crippen molar-refractivity contribution >= 4 is 0 Å². The zero-order valence-corrected chi connectivity index (χ0v) is 10.2. The molecular weight excluding hydrogens is 182 g/mol. The molecule has 1 aliphatic rings. The first kappa shape index (κ1) is 10.7. The number of rotatable bonds is 2. The molecule has 1 nitrogen and oxygen atoms in total. The molecule has 1 heteroatoms. The molecule has 0 amide bonds. The van der Waals surface area contributed by atoms with E-state index in [4.69, 9.17) is 0 Å². The summed E-state index contributed by atoms with van der Waals surface area (Å²) in [5.74, 6) is 1.54. The van der Waals surface area contributed by atoms with Gasteiger partial charge in [0.05, 0.1) is 0 Å². The summed E-state index contributed by atoms with van der Waals surface area (Å²) in [4.78, 5) is 0. The van der Waals surface area contributed by atoms with Gasteiger partial charge in [0.2, 0.25) is 0 Å². The molecule has 2 rings (SSSR count). The van der Waals surface area contributed by atoms with Crippen LogP contribution in [0.4, 0.5) is 0 Å². The summed E-state index contributed by atoms with van der Waals surface area (Å²) in [6.45, 7) is 6.76. The van der Waals surface area contributed by atoms with Crippen LogP contribution in [0.5, 0.6) is 0 Å². The molecular formula is C14H21N. The van der Waals surface area contributed by atoms with Crippen LogP contribution in [0.3, 0.4) is 0 Å². The van der Waals surface area contributed by atoms with Gasteiger partial charge in [0.1, 0.15) is 0 Å². The fraction of sp³-hybridized carbons (Fsp3) is 0.571. The van der Waals surface area contributed by atoms with Gasteiger partial charge in [-0.3, -0.25) is 0 Å². The second-order valence-electron chi connectivity index (χ2n) is 4.96. The first-order valence-corrected chi connectivity index (χ1v) is 5.88. The Morgan fingerprint density at radius 1 is 1.27 bits per heavy atom. The van der Waals surface area contributed by atoms with Gasteiger partial charge in [-0.15, -0.1) is 0 Å². The Balaban J connectivity index is 2.18. The summed E-state index contributed by atoms with van der Waals surface area (Å²) < 4.78 is 0. The Hall–Kier alpha value is -0.820. The van der Waals surface area contributed by atoms with Crippen LogP contribution in [0.15, 0.2) is 18.2 Å². The number of hydrogen-bond acceptors (Lipinski definition) is 1. The highest BCUT2D eigenvalue weighted by Gasteiger charge is 2.37. The Morgan fingerprint density at radius 2 is 2.00 bits per heavy atom. The predicted octanol–water partition coefficient (Wildman–Crippen LogP) is 3.01. The first-order chi connectivity index (χ1) is 7.13. The predicted molar refractivity (Wildman–Crippen MR) is 65.3 cm³/mol. The van der Waals surface area contributed by atoms with Crippen LogP contribution in [0.2, 0.25) is 0 Å². The molecule has 1 aromatic rings. The SMILES string of the molecule is CNC1CC(c2ccc(C)cc2C)C1C. The second kappa shape index (κ2) is 3.97. The van der Waals surface area contributed by atoms with E-state index in [0.29, 0.717) is 0 Å². The first-order valence-electron chi connectivity index (χ1n) is 5.88. The van der Waals surface area contributed by atoms with E-state index in [-0.39, 0.29) is 0 Å². The van der Waals surface area contributed by atoms with Crippen molar-refractivity contribution < 1.29 is 0 Å². The van der Waals surface area contributed by atoms with Crippen LogP contribution in [0.25, 0.3) is 0 Å². The maximum absolute atomic E-state index is 3.38. The van der Waals surface area contributed by atoms with Gasteiger partial charge < -0.3 is 5.32 Å². The standard InChI is InChI=1S/C14H21N/c1-9-5-6-12(10(2)7-9)13-8-14(15-4)11(13)3/h5-7,11,13-15H,8H2,1-4H3. The maximum Gasteiger partial charge on any atom is 0.0101 e. The van der Waals surface area contributed by atoms with E-state index < -0.39 is 0 Å². The Morgan fingerprint density at radius 3 is 2.53 bits per heavy atom. The number of benzene rings is 1. The number of nitrogens with one attached hydrogen (secondary N) is 1. The van der Waals surface area contributed by atoms with Crippen molar-refractivity contribution in [3.8, 4) is 0 Å². The second-order valence-corrected chi connectivity index (χ2v) is 4.96. The summed E-state index contributed by atoms with van der Waals surface area (Å²) in [5, 5.41) is 3.38. The van der Waals surface area contributed by atoms with E-state index in [1.807, 2.05) is 0 Å². The molecule has 82 valence electrons. The molecule has 0 heterocycles. The van der Waals surface area contributed by atoms with Crippen LogP contribution < -0.4 is 5.32 Å². The molecule has 1 aliphatic carbocycles. The van der Waals surface area contributed by atoms with Crippen molar-refractivity contribution in [1.29, 1.82) is 0 Å². The molecule has 0 spiro atoms. The number of aryl methyl sites for hydroxylation is 2. The zero-order valence-electron chi connectivity index (χ0n) is 10.2. The lowest BCUT2D eigenvalue weighted by Gasteiger charge is -2.43. The van der Waals surface area contributed by atoms with E-state index in [2.05, 4.69) is 51.3 Å². The van der Waals surface area contributed by atoms with E-state index in [1.165, 1.54) is 17.5 Å². The summed E-state index contributed by atoms with van der Waals surface area (Å²) in [5.41, 5.74) is 4.38. The van der Waals surface area contributed by atoms with Crippen LogP contribution in [0, 0.1) is 19.8 Å². The van der Waals surface area contributed by atoms with Crippen molar-refractivity contribution in [2.24, 2.45) is 5.92 Å². The van der Waals surface area contributed by atoms with Gasteiger partial charge in [-0.25, -0.2) is 0 Å². The fourth-order valence-corrected chi connectivity index (χ4v) is 2.82. The Bertz CT molecular complexity index is 356. The minimum atomic E-state index is 0.718. The van der Waals surface area contributed by atoms with Crippen molar-refractivity contribution in [2.75, 3.05) is 7.05 Å². The Kier molecular flexibility index (Phi) is 2.83. The van der Waals surface area contributed by atoms with Gasteiger partial charge in [-0.05, 0) is 50.3 Å². The topological polar surface area (TPSA) is 12.0 Å². The quantitative estimate of drug-likeness (QED) is 0.779. The van der Waals surface area contributed by atoms with Crippen LogP contribution in [0.1, 0.15) is 36.0 Å². The Labute approximate surface area is 92.9 Å². The number of hydrogen-bond donors (Lipinski definition) is 1. The molecule has 3 unspecified atom stereocenters. The molecule has 0 bridgehead atoms. The molecule has 0 aliphatic heterocycles. The maximum atomic E-state index is 3.38. The zero-order chi connectivity index (χ0) is 11.0. The molecule has 1 saturated carbocycles. The molecule has 0 radical (unpaired) electrons. The van der Waals surface area contributed by atoms with Crippen molar-refractivity contribution in [3.63, 3.8) is 0 Å². The lowest BCUT2D eigenvalue weighted by Crippen LogP contribution is -2.46. The highest BCUT2D eigenvalue weighted by molar-refractivity contribution is 5.35. The average Bonchev–Trinajstić information content (AvgIpc) is 2.20. The van der Waals surface area contributed by atoms with Gasteiger partial charge in [-0.1, -0.05) is 30.7 Å². The third-order valence-corrected chi connectivity index (χ3v) is 3.97. The van der Waals surface area contributed by atoms with E-state index >= 15 is 0 Å². The van der Waals surface area contributed by atoms with Crippen molar-refractivity contribution in [3.05, 3.63) is 34.9 Å². The molecule has 3 atom stereocenters. The smallest absolute Gasteiger partial charge is 0.0101 e. The summed E-state index contributed by atoms with van der Waals surface area (Å²) in [7, 11) is 2.07. The normalized spacial score (nSPS) is 30.0. The monoisotopic (exact) mass is 203 g/mol. The molecule has 1 aromatic carbocycles. The lowest BCUT2D eigenvalue weighted by atomic mass is 9.66. The van der Waals surface area contributed by atoms with E-state index in [1.54, 1.807) is 5.56 Å². The average molecular weight is 203 g/mol. The van der Waals surface area contributed by atoms with E-state index in [9.17, 15) is 0 Å². The molecule has 1 fully saturated rings. The molecule has 0 saturated heterocycles. The van der Waals surface area contributed by atoms with Crippen LogP contribution >= 0.6 is 0 Å². The van der Waals surface area contributed by atoms with Crippen LogP contribution in [-0.4, -0.2) is 13.1 Å². The van der Waals surface area contributed by atoms with E-state index in [0.717, 1.165) is 17.9 Å². The summed E-state index contributed by atoms with van der Waals surface area (Å²) in [6, 6.07) is 7.57. The highest BCUT2D eigenvalue weighted by Crippen LogP contribution is 2.43. The minimum Gasteiger partial charge on any atom is -0.317 e. The van der Waals surface area contributed by atoms with Crippen molar-refractivity contribution in [1.82, 2.24) is 5.32 Å². The molecule has 1 N–H and O–H groups in total. The third-order valence-electron chi connectivity index (χ3n) is 3.97. The molecule has 0 aromatic heterocycles. The fourth-order valence-electron chi connectivity index (χ4n) is 2.82. The van der Waals surface area contributed by atoms with Gasteiger partial charge in [-0.2, -0.15) is 0 Å². The van der Waals surface area contributed by atoms with Gasteiger partial charge in [0.25, 0.3) is 0 Å². The summed E-state index contributed by atoms with van der Waals surface area (Å²) >= 11 is 0. The van der Waals surface area contributed by atoms with Crippen molar-refractivity contribution in [2.45, 2.75) is 39.2 Å². The molecule has 15 heavy (non-hydrogen) atoms. The van der Waals surface area contributed by atoms with Gasteiger partial charge in [0, 0.05) is 6.04 Å². The van der Waals surface area contributed by atoms with Gasteiger partial charge >= 0.3 is 0 Å². The van der Waals surface area contributed by atoms with Gasteiger partial charge in [0.15, 0.2) is 0 Å².